The van der Waals surface area contributed by atoms with Crippen molar-refractivity contribution in [3.05, 3.63) is 18.2 Å². The van der Waals surface area contributed by atoms with Crippen molar-refractivity contribution in [2.45, 2.75) is 6.04 Å². The van der Waals surface area contributed by atoms with Gasteiger partial charge in [0, 0.05) is 0 Å². The first-order valence-electron chi connectivity index (χ1n) is 4.17. The van der Waals surface area contributed by atoms with E-state index < -0.39 is 24.4 Å². The topological polar surface area (TPSA) is 110 Å². The van der Waals surface area contributed by atoms with Crippen LogP contribution in [0.4, 0.5) is 5.69 Å². The van der Waals surface area contributed by atoms with Crippen molar-refractivity contribution in [2.24, 2.45) is 0 Å². The second-order valence-corrected chi connectivity index (χ2v) is 2.89. The third-order valence-electron chi connectivity index (χ3n) is 1.83. The molecule has 0 heterocycles. The summed E-state index contributed by atoms with van der Waals surface area (Å²) in [5.41, 5.74) is 0.0523. The number of phenolic OH excluding ortho intramolecular Hbond substituents is 2. The lowest BCUT2D eigenvalue weighted by Gasteiger charge is -2.14. The monoisotopic (exact) mass is 213 g/mol. The number of carboxylic acid groups (broad SMARTS) is 1. The van der Waals surface area contributed by atoms with Gasteiger partial charge in [-0.15, -0.1) is 0 Å². The molecule has 0 bridgehead atoms. The molecule has 6 heteroatoms. The Morgan fingerprint density at radius 3 is 2.60 bits per heavy atom. The Morgan fingerprint density at radius 2 is 2.07 bits per heavy atom. The number of aromatic hydroxyl groups is 2. The predicted octanol–water partition coefficient (Wildman–Crippen LogP) is -0.0448. The molecule has 0 saturated heterocycles. The molecule has 5 N–H and O–H groups in total. The van der Waals surface area contributed by atoms with Crippen LogP contribution in [0.1, 0.15) is 0 Å². The van der Waals surface area contributed by atoms with Gasteiger partial charge in [0.05, 0.1) is 12.3 Å². The van der Waals surface area contributed by atoms with Crippen LogP contribution in [0.2, 0.25) is 0 Å². The lowest BCUT2D eigenvalue weighted by molar-refractivity contribution is -0.138. The molecule has 6 nitrogen and oxygen atoms in total. The molecule has 0 saturated carbocycles. The third-order valence-corrected chi connectivity index (χ3v) is 1.83. The van der Waals surface area contributed by atoms with Gasteiger partial charge in [0.15, 0.2) is 11.5 Å². The van der Waals surface area contributed by atoms with E-state index in [0.29, 0.717) is 0 Å². The Kier molecular flexibility index (Phi) is 3.35. The zero-order chi connectivity index (χ0) is 11.4. The Bertz CT molecular complexity index is 366. The highest BCUT2D eigenvalue weighted by Crippen LogP contribution is 2.32. The van der Waals surface area contributed by atoms with Crippen LogP contribution < -0.4 is 5.32 Å². The minimum atomic E-state index is -1.25. The molecule has 0 aromatic heterocycles. The molecule has 0 radical (unpaired) electrons. The highest BCUT2D eigenvalue weighted by molar-refractivity contribution is 5.78. The largest absolute Gasteiger partial charge is 0.504 e. The van der Waals surface area contributed by atoms with Gasteiger partial charge in [-0.05, 0) is 12.1 Å². The van der Waals surface area contributed by atoms with Gasteiger partial charge < -0.3 is 25.7 Å². The first-order valence-corrected chi connectivity index (χ1v) is 4.17. The summed E-state index contributed by atoms with van der Waals surface area (Å²) in [4.78, 5) is 10.6. The van der Waals surface area contributed by atoms with E-state index in [0.717, 1.165) is 0 Å². The standard InChI is InChI=1S/C9H11NO5/c11-4-6(9(14)15)10-5-2-1-3-7(12)8(5)13/h1-3,6,10-13H,4H2,(H,14,15)/t6-/m0/s1. The van der Waals surface area contributed by atoms with Gasteiger partial charge >= 0.3 is 5.97 Å². The van der Waals surface area contributed by atoms with Crippen LogP contribution in [0, 0.1) is 0 Å². The quantitative estimate of drug-likeness (QED) is 0.449. The molecule has 0 aliphatic carbocycles. The van der Waals surface area contributed by atoms with Crippen molar-refractivity contribution >= 4 is 11.7 Å². The maximum atomic E-state index is 10.6. The molecule has 15 heavy (non-hydrogen) atoms. The van der Waals surface area contributed by atoms with Crippen molar-refractivity contribution in [2.75, 3.05) is 11.9 Å². The van der Waals surface area contributed by atoms with E-state index in [-0.39, 0.29) is 11.4 Å². The number of aliphatic carboxylic acids is 1. The summed E-state index contributed by atoms with van der Waals surface area (Å²) in [5, 5.41) is 38.2. The number of anilines is 1. The predicted molar refractivity (Wildman–Crippen MR) is 51.9 cm³/mol. The van der Waals surface area contributed by atoms with Gasteiger partial charge in [0.2, 0.25) is 0 Å². The zero-order valence-corrected chi connectivity index (χ0v) is 7.71. The first-order chi connectivity index (χ1) is 7.06. The molecule has 1 rings (SSSR count). The Labute approximate surface area is 85.4 Å². The molecule has 1 aromatic rings. The fraction of sp³-hybridized carbons (Fsp3) is 0.222. The molecule has 0 unspecified atom stereocenters. The summed E-state index contributed by atoms with van der Waals surface area (Å²) in [5.74, 6) is -2.06. The molecular formula is C9H11NO5. The van der Waals surface area contributed by atoms with Gasteiger partial charge in [-0.3, -0.25) is 0 Å². The van der Waals surface area contributed by atoms with E-state index in [4.69, 9.17) is 15.3 Å². The second kappa shape index (κ2) is 4.52. The minimum absolute atomic E-state index is 0.0523. The van der Waals surface area contributed by atoms with E-state index in [2.05, 4.69) is 5.32 Å². The molecule has 0 aliphatic heterocycles. The lowest BCUT2D eigenvalue weighted by atomic mass is 10.2. The van der Waals surface area contributed by atoms with Crippen LogP contribution >= 0.6 is 0 Å². The van der Waals surface area contributed by atoms with Crippen LogP contribution in [0.25, 0.3) is 0 Å². The number of hydrogen-bond acceptors (Lipinski definition) is 5. The number of aliphatic hydroxyl groups excluding tert-OH is 1. The van der Waals surface area contributed by atoms with E-state index in [9.17, 15) is 9.90 Å². The highest BCUT2D eigenvalue weighted by atomic mass is 16.4. The fourth-order valence-electron chi connectivity index (χ4n) is 1.02. The van der Waals surface area contributed by atoms with Crippen LogP contribution in [0.3, 0.4) is 0 Å². The molecule has 82 valence electrons. The molecule has 0 fully saturated rings. The van der Waals surface area contributed by atoms with Gasteiger partial charge in [-0.2, -0.15) is 0 Å². The number of para-hydroxylation sites is 1. The fourth-order valence-corrected chi connectivity index (χ4v) is 1.02. The third kappa shape index (κ3) is 2.50. The summed E-state index contributed by atoms with van der Waals surface area (Å²) in [6, 6.07) is 2.86. The molecule has 0 amide bonds. The van der Waals surface area contributed by atoms with Gasteiger partial charge in [-0.25, -0.2) is 4.79 Å². The average molecular weight is 213 g/mol. The lowest BCUT2D eigenvalue weighted by Crippen LogP contribution is -2.32. The maximum absolute atomic E-state index is 10.6. The van der Waals surface area contributed by atoms with Gasteiger partial charge in [-0.1, -0.05) is 6.07 Å². The van der Waals surface area contributed by atoms with Crippen molar-refractivity contribution in [1.29, 1.82) is 0 Å². The molecule has 0 aliphatic rings. The summed E-state index contributed by atoms with van der Waals surface area (Å²) >= 11 is 0. The Balaban J connectivity index is 2.88. The van der Waals surface area contributed by atoms with Crippen LogP contribution in [-0.4, -0.2) is 39.0 Å². The van der Waals surface area contributed by atoms with Crippen LogP contribution in [0.5, 0.6) is 11.5 Å². The van der Waals surface area contributed by atoms with Crippen LogP contribution in [0.15, 0.2) is 18.2 Å². The maximum Gasteiger partial charge on any atom is 0.328 e. The van der Waals surface area contributed by atoms with Gasteiger partial charge in [0.25, 0.3) is 0 Å². The smallest absolute Gasteiger partial charge is 0.328 e. The normalized spacial score (nSPS) is 12.1. The molecule has 1 atom stereocenters. The average Bonchev–Trinajstić information content (AvgIpc) is 2.19. The summed E-state index contributed by atoms with van der Waals surface area (Å²) in [7, 11) is 0. The summed E-state index contributed by atoms with van der Waals surface area (Å²) < 4.78 is 0. The molecular weight excluding hydrogens is 202 g/mol. The molecule has 1 aromatic carbocycles. The van der Waals surface area contributed by atoms with Gasteiger partial charge in [0.1, 0.15) is 6.04 Å². The summed E-state index contributed by atoms with van der Waals surface area (Å²) in [6.45, 7) is -0.621. The Hall–Kier alpha value is -1.95. The number of carbonyl (C=O) groups is 1. The van der Waals surface area contributed by atoms with Crippen LogP contribution in [-0.2, 0) is 4.79 Å². The zero-order valence-electron chi connectivity index (χ0n) is 7.71. The molecule has 0 spiro atoms. The second-order valence-electron chi connectivity index (χ2n) is 2.89. The van der Waals surface area contributed by atoms with E-state index in [1.165, 1.54) is 18.2 Å². The van der Waals surface area contributed by atoms with E-state index in [1.807, 2.05) is 0 Å². The number of phenols is 2. The number of aliphatic hydroxyl groups is 1. The van der Waals surface area contributed by atoms with Crippen molar-refractivity contribution in [3.8, 4) is 11.5 Å². The minimum Gasteiger partial charge on any atom is -0.504 e. The van der Waals surface area contributed by atoms with E-state index in [1.54, 1.807) is 0 Å². The first kappa shape index (κ1) is 11.1. The van der Waals surface area contributed by atoms with E-state index >= 15 is 0 Å². The number of carboxylic acids is 1. The SMILES string of the molecule is O=C(O)[C@H](CO)Nc1cccc(O)c1O. The summed E-state index contributed by atoms with van der Waals surface area (Å²) in [6.07, 6.45) is 0. The van der Waals surface area contributed by atoms with Crippen molar-refractivity contribution in [3.63, 3.8) is 0 Å². The highest BCUT2D eigenvalue weighted by Gasteiger charge is 2.17. The number of benzene rings is 1. The Morgan fingerprint density at radius 1 is 1.40 bits per heavy atom. The van der Waals surface area contributed by atoms with Crippen molar-refractivity contribution in [1.82, 2.24) is 0 Å². The number of rotatable bonds is 4. The van der Waals surface area contributed by atoms with Crippen molar-refractivity contribution < 1.29 is 25.2 Å². The number of nitrogens with one attached hydrogen (secondary N) is 1. The number of hydrogen-bond donors (Lipinski definition) is 5.